The molecule has 35 heavy (non-hydrogen) atoms. The number of carbonyl (C=O) groups excluding carboxylic acids is 2. The highest BCUT2D eigenvalue weighted by Crippen LogP contribution is 2.29. The standard InChI is InChI=1S/C21H23ClN6O5S2/c1-23-19(29)16-10-27(35(32,33)18-9-12-8-13(22)2-3-14(12)24-18)6-7-28(16)21(30)20-25-15-4-5-26(31)11-17(15)34-20/h2-3,8-9,16,24,31H,4-7,10-11H2,1H3,(H,23,29). The Morgan fingerprint density at radius 1 is 1.26 bits per heavy atom. The van der Waals surface area contributed by atoms with Crippen molar-refractivity contribution >= 4 is 55.7 Å². The second-order valence-corrected chi connectivity index (χ2v) is 11.8. The van der Waals surface area contributed by atoms with Crippen molar-refractivity contribution in [1.82, 2.24) is 29.6 Å². The van der Waals surface area contributed by atoms with E-state index in [0.29, 0.717) is 35.4 Å². The number of fused-ring (bicyclic) bond motifs is 2. The van der Waals surface area contributed by atoms with Gasteiger partial charge in [-0.15, -0.1) is 11.3 Å². The number of aromatic nitrogens is 2. The van der Waals surface area contributed by atoms with Crippen LogP contribution in [0.5, 0.6) is 0 Å². The van der Waals surface area contributed by atoms with Crippen LogP contribution in [-0.4, -0.2) is 88.9 Å². The Balaban J connectivity index is 1.40. The minimum absolute atomic E-state index is 0.00800. The molecule has 2 aromatic heterocycles. The van der Waals surface area contributed by atoms with Gasteiger partial charge in [0.25, 0.3) is 15.9 Å². The molecule has 1 aromatic carbocycles. The quantitative estimate of drug-likeness (QED) is 0.455. The topological polar surface area (TPSA) is 139 Å². The second kappa shape index (κ2) is 9.15. The summed E-state index contributed by atoms with van der Waals surface area (Å²) in [5, 5.41) is 14.8. The zero-order valence-corrected chi connectivity index (χ0v) is 21.1. The molecule has 1 atom stereocenters. The minimum atomic E-state index is -3.96. The van der Waals surface area contributed by atoms with Gasteiger partial charge in [-0.1, -0.05) is 11.6 Å². The predicted molar refractivity (Wildman–Crippen MR) is 129 cm³/mol. The van der Waals surface area contributed by atoms with Crippen LogP contribution in [0.3, 0.4) is 0 Å². The Bertz CT molecular complexity index is 1420. The van der Waals surface area contributed by atoms with Crippen molar-refractivity contribution in [2.45, 2.75) is 24.0 Å². The number of likely N-dealkylation sites (N-methyl/N-ethyl adjacent to an activating group) is 1. The lowest BCUT2D eigenvalue weighted by molar-refractivity contribution is -0.126. The van der Waals surface area contributed by atoms with Gasteiger partial charge in [0.05, 0.1) is 12.2 Å². The van der Waals surface area contributed by atoms with Gasteiger partial charge in [0.2, 0.25) is 5.91 Å². The van der Waals surface area contributed by atoms with Gasteiger partial charge in [-0.3, -0.25) is 9.59 Å². The smallest absolute Gasteiger partial charge is 0.283 e. The van der Waals surface area contributed by atoms with E-state index in [-0.39, 0.29) is 29.7 Å². The van der Waals surface area contributed by atoms with Crippen LogP contribution < -0.4 is 5.32 Å². The summed E-state index contributed by atoms with van der Waals surface area (Å²) in [6, 6.07) is 5.51. The van der Waals surface area contributed by atoms with E-state index in [0.717, 1.165) is 10.6 Å². The van der Waals surface area contributed by atoms with Crippen molar-refractivity contribution < 1.29 is 23.2 Å². The normalized spacial score (nSPS) is 19.6. The first-order valence-electron chi connectivity index (χ1n) is 10.9. The molecule has 4 heterocycles. The van der Waals surface area contributed by atoms with E-state index in [1.807, 2.05) is 0 Å². The molecule has 3 aromatic rings. The van der Waals surface area contributed by atoms with Crippen molar-refractivity contribution in [2.75, 3.05) is 33.2 Å². The lowest BCUT2D eigenvalue weighted by Gasteiger charge is -2.39. The van der Waals surface area contributed by atoms with Gasteiger partial charge in [0, 0.05) is 60.5 Å². The van der Waals surface area contributed by atoms with Crippen LogP contribution in [0.4, 0.5) is 0 Å². The van der Waals surface area contributed by atoms with Crippen LogP contribution in [0, 0.1) is 0 Å². The Labute approximate surface area is 210 Å². The SMILES string of the molecule is CNC(=O)C1CN(S(=O)(=O)c2cc3cc(Cl)ccc3[nH]2)CCN1C(=O)c1nc2c(s1)CN(O)CC2. The highest BCUT2D eigenvalue weighted by atomic mass is 35.5. The summed E-state index contributed by atoms with van der Waals surface area (Å²) in [5.74, 6) is -0.899. The maximum absolute atomic E-state index is 13.4. The van der Waals surface area contributed by atoms with Crippen LogP contribution in [0.15, 0.2) is 29.3 Å². The number of hydrogen-bond donors (Lipinski definition) is 3. The zero-order chi connectivity index (χ0) is 24.9. The van der Waals surface area contributed by atoms with Gasteiger partial charge >= 0.3 is 0 Å². The zero-order valence-electron chi connectivity index (χ0n) is 18.7. The number of aromatic amines is 1. The van der Waals surface area contributed by atoms with Gasteiger partial charge in [-0.2, -0.15) is 9.37 Å². The number of sulfonamides is 1. The van der Waals surface area contributed by atoms with E-state index < -0.39 is 27.9 Å². The van der Waals surface area contributed by atoms with Crippen LogP contribution in [0.2, 0.25) is 5.02 Å². The fraction of sp³-hybridized carbons (Fsp3) is 0.381. The van der Waals surface area contributed by atoms with E-state index in [2.05, 4.69) is 15.3 Å². The highest BCUT2D eigenvalue weighted by Gasteiger charge is 2.41. The molecule has 5 rings (SSSR count). The number of H-pyrrole nitrogens is 1. The first kappa shape index (κ1) is 24.2. The monoisotopic (exact) mass is 538 g/mol. The molecule has 14 heteroatoms. The first-order chi connectivity index (χ1) is 16.7. The number of hydrogen-bond acceptors (Lipinski definition) is 8. The number of benzene rings is 1. The summed E-state index contributed by atoms with van der Waals surface area (Å²) in [7, 11) is -2.52. The summed E-state index contributed by atoms with van der Waals surface area (Å²) in [4.78, 5) is 35.6. The molecule has 0 radical (unpaired) electrons. The number of piperazine rings is 1. The average Bonchev–Trinajstić information content (AvgIpc) is 3.46. The van der Waals surface area contributed by atoms with Crippen molar-refractivity contribution in [3.8, 4) is 0 Å². The van der Waals surface area contributed by atoms with E-state index in [1.54, 1.807) is 18.2 Å². The number of nitrogens with zero attached hydrogens (tertiary/aromatic N) is 4. The van der Waals surface area contributed by atoms with Gasteiger partial charge in [-0.25, -0.2) is 13.4 Å². The van der Waals surface area contributed by atoms with Crippen LogP contribution >= 0.6 is 22.9 Å². The highest BCUT2D eigenvalue weighted by molar-refractivity contribution is 7.89. The molecule has 186 valence electrons. The van der Waals surface area contributed by atoms with E-state index in [1.165, 1.54) is 38.7 Å². The van der Waals surface area contributed by atoms with E-state index in [9.17, 15) is 23.2 Å². The summed E-state index contributed by atoms with van der Waals surface area (Å²) in [6.45, 7) is 0.577. The Hall–Kier alpha value is -2.55. The minimum Gasteiger partial charge on any atom is -0.357 e. The summed E-state index contributed by atoms with van der Waals surface area (Å²) < 4.78 is 28.0. The first-order valence-corrected chi connectivity index (χ1v) is 13.5. The molecule has 0 aliphatic carbocycles. The van der Waals surface area contributed by atoms with Crippen molar-refractivity contribution in [2.24, 2.45) is 0 Å². The molecule has 0 spiro atoms. The van der Waals surface area contributed by atoms with Gasteiger partial charge in [0.15, 0.2) is 5.01 Å². The maximum atomic E-state index is 13.4. The second-order valence-electron chi connectivity index (χ2n) is 8.38. The molecule has 0 saturated carbocycles. The Morgan fingerprint density at radius 2 is 2.06 bits per heavy atom. The third-order valence-electron chi connectivity index (χ3n) is 6.22. The molecule has 1 unspecified atom stereocenters. The molecule has 1 saturated heterocycles. The number of halogens is 1. The summed E-state index contributed by atoms with van der Waals surface area (Å²) in [5.41, 5.74) is 1.39. The lowest BCUT2D eigenvalue weighted by atomic mass is 10.1. The van der Waals surface area contributed by atoms with Gasteiger partial charge in [0.1, 0.15) is 11.1 Å². The molecular weight excluding hydrogens is 516 g/mol. The Morgan fingerprint density at radius 3 is 2.83 bits per heavy atom. The average molecular weight is 539 g/mol. The predicted octanol–water partition coefficient (Wildman–Crippen LogP) is 1.29. The molecule has 11 nitrogen and oxygen atoms in total. The van der Waals surface area contributed by atoms with Crippen LogP contribution in [-0.2, 0) is 27.8 Å². The van der Waals surface area contributed by atoms with Gasteiger partial charge < -0.3 is 20.4 Å². The van der Waals surface area contributed by atoms with E-state index in [4.69, 9.17) is 11.6 Å². The fourth-order valence-corrected chi connectivity index (χ4v) is 7.07. The number of amides is 2. The molecule has 3 N–H and O–H groups in total. The fourth-order valence-electron chi connectivity index (χ4n) is 4.36. The molecule has 2 aliphatic rings. The van der Waals surface area contributed by atoms with Crippen molar-refractivity contribution in [1.29, 1.82) is 0 Å². The van der Waals surface area contributed by atoms with Crippen molar-refractivity contribution in [3.63, 3.8) is 0 Å². The number of hydroxylamine groups is 2. The van der Waals surface area contributed by atoms with Gasteiger partial charge in [-0.05, 0) is 24.3 Å². The summed E-state index contributed by atoms with van der Waals surface area (Å²) >= 11 is 7.21. The molecular formula is C21H23ClN6O5S2. The van der Waals surface area contributed by atoms with Crippen LogP contribution in [0.1, 0.15) is 20.4 Å². The maximum Gasteiger partial charge on any atom is 0.283 e. The largest absolute Gasteiger partial charge is 0.357 e. The summed E-state index contributed by atoms with van der Waals surface area (Å²) in [6.07, 6.45) is 0.524. The number of thiazole rings is 1. The molecule has 1 fully saturated rings. The number of nitrogens with one attached hydrogen (secondary N) is 2. The van der Waals surface area contributed by atoms with Crippen molar-refractivity contribution in [3.05, 3.63) is 44.9 Å². The van der Waals surface area contributed by atoms with Crippen LogP contribution in [0.25, 0.3) is 10.9 Å². The Kier molecular flexibility index (Phi) is 6.32. The third-order valence-corrected chi connectivity index (χ3v) is 9.32. The molecule has 0 bridgehead atoms. The third kappa shape index (κ3) is 4.43. The lowest BCUT2D eigenvalue weighted by Crippen LogP contribution is -2.61. The number of rotatable bonds is 4. The molecule has 2 amide bonds. The molecule has 2 aliphatic heterocycles. The number of carbonyl (C=O) groups is 2. The van der Waals surface area contributed by atoms with E-state index >= 15 is 0 Å².